The van der Waals surface area contributed by atoms with Gasteiger partial charge in [-0.3, -0.25) is 9.69 Å². The number of hydrogen-bond donors (Lipinski definition) is 2. The van der Waals surface area contributed by atoms with Crippen molar-refractivity contribution in [1.82, 2.24) is 15.5 Å². The average Bonchev–Trinajstić information content (AvgIpc) is 3.11. The molecule has 2 unspecified atom stereocenters. The molecule has 2 heterocycles. The average molecular weight is 316 g/mol. The van der Waals surface area contributed by atoms with E-state index >= 15 is 0 Å². The summed E-state index contributed by atoms with van der Waals surface area (Å²) in [6.07, 6.45) is 0.967. The van der Waals surface area contributed by atoms with Crippen LogP contribution in [0.4, 0.5) is 5.69 Å². The van der Waals surface area contributed by atoms with E-state index in [9.17, 15) is 4.79 Å². The van der Waals surface area contributed by atoms with Crippen molar-refractivity contribution in [1.29, 1.82) is 0 Å². The molecule has 5 heteroatoms. The van der Waals surface area contributed by atoms with Gasteiger partial charge in [-0.2, -0.15) is 0 Å². The van der Waals surface area contributed by atoms with Crippen LogP contribution in [0.25, 0.3) is 0 Å². The van der Waals surface area contributed by atoms with E-state index in [1.165, 1.54) is 5.69 Å². The molecule has 2 fully saturated rings. The van der Waals surface area contributed by atoms with Crippen molar-refractivity contribution in [2.45, 2.75) is 19.4 Å². The van der Waals surface area contributed by atoms with E-state index < -0.39 is 0 Å². The fourth-order valence-corrected chi connectivity index (χ4v) is 3.50. The number of hydrogen-bond acceptors (Lipinski definition) is 4. The van der Waals surface area contributed by atoms with Gasteiger partial charge in [0.25, 0.3) is 0 Å². The molecule has 0 spiro atoms. The fourth-order valence-electron chi connectivity index (χ4n) is 3.50. The zero-order chi connectivity index (χ0) is 16.1. The first kappa shape index (κ1) is 16.3. The van der Waals surface area contributed by atoms with Crippen LogP contribution in [-0.2, 0) is 4.79 Å². The maximum Gasteiger partial charge on any atom is 0.224 e. The molecule has 2 N–H and O–H groups in total. The highest BCUT2D eigenvalue weighted by Gasteiger charge is 2.24. The van der Waals surface area contributed by atoms with Crippen molar-refractivity contribution in [3.8, 4) is 0 Å². The van der Waals surface area contributed by atoms with Crippen LogP contribution in [0.15, 0.2) is 30.3 Å². The minimum absolute atomic E-state index is 0.160. The molecule has 0 aromatic heterocycles. The third-order valence-electron chi connectivity index (χ3n) is 4.85. The number of piperazine rings is 1. The van der Waals surface area contributed by atoms with Crippen LogP contribution < -0.4 is 15.5 Å². The Hall–Kier alpha value is -1.59. The van der Waals surface area contributed by atoms with Crippen LogP contribution in [-0.4, -0.2) is 62.7 Å². The maximum atomic E-state index is 12.2. The van der Waals surface area contributed by atoms with E-state index in [0.29, 0.717) is 0 Å². The van der Waals surface area contributed by atoms with Crippen molar-refractivity contribution >= 4 is 11.6 Å². The number of nitrogens with zero attached hydrogens (tertiary/aromatic N) is 2. The first-order valence-electron chi connectivity index (χ1n) is 8.76. The van der Waals surface area contributed by atoms with Gasteiger partial charge < -0.3 is 15.5 Å². The van der Waals surface area contributed by atoms with Crippen molar-refractivity contribution in [3.63, 3.8) is 0 Å². The molecule has 0 aliphatic carbocycles. The maximum absolute atomic E-state index is 12.2. The van der Waals surface area contributed by atoms with Crippen molar-refractivity contribution in [3.05, 3.63) is 30.3 Å². The summed E-state index contributed by atoms with van der Waals surface area (Å²) in [5.41, 5.74) is 1.31. The molecular weight excluding hydrogens is 288 g/mol. The van der Waals surface area contributed by atoms with Crippen molar-refractivity contribution in [2.75, 3.05) is 50.7 Å². The first-order chi connectivity index (χ1) is 11.2. The normalized spacial score (nSPS) is 23.7. The zero-order valence-electron chi connectivity index (χ0n) is 14.0. The van der Waals surface area contributed by atoms with E-state index in [1.807, 2.05) is 0 Å². The lowest BCUT2D eigenvalue weighted by Gasteiger charge is -2.37. The van der Waals surface area contributed by atoms with Gasteiger partial charge in [-0.1, -0.05) is 18.2 Å². The summed E-state index contributed by atoms with van der Waals surface area (Å²) in [4.78, 5) is 17.0. The number of benzene rings is 1. The number of carbonyl (C=O) groups is 1. The summed E-state index contributed by atoms with van der Waals surface area (Å²) in [5, 5.41) is 6.43. The molecule has 2 aliphatic rings. The molecule has 126 valence electrons. The topological polar surface area (TPSA) is 47.6 Å². The number of carbonyl (C=O) groups excluding carboxylic acids is 1. The van der Waals surface area contributed by atoms with Gasteiger partial charge in [0.05, 0.1) is 5.92 Å². The third-order valence-corrected chi connectivity index (χ3v) is 4.85. The lowest BCUT2D eigenvalue weighted by atomic mass is 10.1. The number of anilines is 1. The van der Waals surface area contributed by atoms with E-state index in [0.717, 1.165) is 52.2 Å². The second-order valence-corrected chi connectivity index (χ2v) is 6.72. The van der Waals surface area contributed by atoms with Crippen LogP contribution in [0.1, 0.15) is 13.3 Å². The molecule has 0 saturated carbocycles. The molecule has 2 atom stereocenters. The summed E-state index contributed by atoms with van der Waals surface area (Å²) in [6, 6.07) is 10.8. The standard InChI is InChI=1S/C18H28N4O/c1-15(20-18(23)16-7-8-19-13-16)14-21-9-11-22(12-10-21)17-5-3-2-4-6-17/h2-6,15-16,19H,7-14H2,1H3,(H,20,23). The van der Waals surface area contributed by atoms with Gasteiger partial charge in [0.1, 0.15) is 0 Å². The monoisotopic (exact) mass is 316 g/mol. The Labute approximate surface area is 139 Å². The number of amides is 1. The largest absolute Gasteiger partial charge is 0.369 e. The van der Waals surface area contributed by atoms with Gasteiger partial charge in [-0.25, -0.2) is 0 Å². The SMILES string of the molecule is CC(CN1CCN(c2ccccc2)CC1)NC(=O)C1CCNC1. The predicted molar refractivity (Wildman–Crippen MR) is 93.7 cm³/mol. The van der Waals surface area contributed by atoms with Gasteiger partial charge in [0.15, 0.2) is 0 Å². The Morgan fingerprint density at radius 1 is 1.26 bits per heavy atom. The van der Waals surface area contributed by atoms with Crippen molar-refractivity contribution in [2.24, 2.45) is 5.92 Å². The third kappa shape index (κ3) is 4.45. The van der Waals surface area contributed by atoms with E-state index in [4.69, 9.17) is 0 Å². The lowest BCUT2D eigenvalue weighted by Crippen LogP contribution is -2.51. The first-order valence-corrected chi connectivity index (χ1v) is 8.76. The summed E-state index contributed by atoms with van der Waals surface area (Å²) in [5.74, 6) is 0.373. The van der Waals surface area contributed by atoms with E-state index in [1.54, 1.807) is 0 Å². The lowest BCUT2D eigenvalue weighted by molar-refractivity contribution is -0.125. The Morgan fingerprint density at radius 2 is 2.00 bits per heavy atom. The molecule has 1 amide bonds. The summed E-state index contributed by atoms with van der Waals surface area (Å²) < 4.78 is 0. The minimum atomic E-state index is 0.160. The molecule has 3 rings (SSSR count). The number of rotatable bonds is 5. The van der Waals surface area contributed by atoms with E-state index in [-0.39, 0.29) is 17.9 Å². The highest BCUT2D eigenvalue weighted by Crippen LogP contribution is 2.15. The minimum Gasteiger partial charge on any atom is -0.369 e. The van der Waals surface area contributed by atoms with Crippen molar-refractivity contribution < 1.29 is 4.79 Å². The van der Waals surface area contributed by atoms with E-state index in [2.05, 4.69) is 57.7 Å². The highest BCUT2D eigenvalue weighted by molar-refractivity contribution is 5.79. The van der Waals surface area contributed by atoms with Gasteiger partial charge >= 0.3 is 0 Å². The second kappa shape index (κ2) is 7.79. The quantitative estimate of drug-likeness (QED) is 0.848. The van der Waals surface area contributed by atoms with Gasteiger partial charge in [0, 0.05) is 51.0 Å². The van der Waals surface area contributed by atoms with Gasteiger partial charge in [0.2, 0.25) is 5.91 Å². The zero-order valence-corrected chi connectivity index (χ0v) is 14.0. The fraction of sp³-hybridized carbons (Fsp3) is 0.611. The molecule has 2 aliphatic heterocycles. The molecule has 1 aromatic carbocycles. The van der Waals surface area contributed by atoms with Gasteiger partial charge in [-0.15, -0.1) is 0 Å². The Balaban J connectivity index is 1.40. The van der Waals surface area contributed by atoms with Crippen LogP contribution in [0.2, 0.25) is 0 Å². The summed E-state index contributed by atoms with van der Waals surface area (Å²) >= 11 is 0. The summed E-state index contributed by atoms with van der Waals surface area (Å²) in [7, 11) is 0. The van der Waals surface area contributed by atoms with Crippen LogP contribution in [0, 0.1) is 5.92 Å². The second-order valence-electron chi connectivity index (χ2n) is 6.72. The van der Waals surface area contributed by atoms with Gasteiger partial charge in [-0.05, 0) is 32.0 Å². The van der Waals surface area contributed by atoms with Crippen LogP contribution in [0.5, 0.6) is 0 Å². The van der Waals surface area contributed by atoms with Crippen LogP contribution >= 0.6 is 0 Å². The molecule has 5 nitrogen and oxygen atoms in total. The predicted octanol–water partition coefficient (Wildman–Crippen LogP) is 0.923. The Morgan fingerprint density at radius 3 is 2.65 bits per heavy atom. The Bertz CT molecular complexity index is 493. The Kier molecular flexibility index (Phi) is 5.51. The smallest absolute Gasteiger partial charge is 0.224 e. The molecule has 23 heavy (non-hydrogen) atoms. The molecule has 1 aromatic rings. The number of para-hydroxylation sites is 1. The molecular formula is C18H28N4O. The molecule has 0 bridgehead atoms. The highest BCUT2D eigenvalue weighted by atomic mass is 16.2. The number of nitrogens with one attached hydrogen (secondary N) is 2. The molecule has 2 saturated heterocycles. The summed E-state index contributed by atoms with van der Waals surface area (Å²) in [6.45, 7) is 9.06. The molecule has 0 radical (unpaired) electrons. The van der Waals surface area contributed by atoms with Crippen LogP contribution in [0.3, 0.4) is 0 Å².